The molecule has 0 aliphatic carbocycles. The van der Waals surface area contributed by atoms with Gasteiger partial charge in [0, 0.05) is 137 Å². The third-order valence-corrected chi connectivity index (χ3v) is 10.8. The maximum atomic E-state index is 13.4. The second kappa shape index (κ2) is 35.2. The van der Waals surface area contributed by atoms with Crippen molar-refractivity contribution in [2.24, 2.45) is 22.0 Å². The van der Waals surface area contributed by atoms with Gasteiger partial charge in [-0.3, -0.25) is 38.9 Å². The Morgan fingerprint density at radius 3 is 0.985 bits per heavy atom. The van der Waals surface area contributed by atoms with E-state index in [-0.39, 0.29) is 134 Å². The van der Waals surface area contributed by atoms with Crippen LogP contribution in [0, 0.1) is 26.4 Å². The van der Waals surface area contributed by atoms with Crippen LogP contribution in [0.4, 0.5) is 0 Å². The van der Waals surface area contributed by atoms with E-state index in [9.17, 15) is 54.2 Å². The number of nitrogens with one attached hydrogen (secondary N) is 5. The number of carbonyl (C=O) groups excluding carboxylic acids is 6. The first-order valence-corrected chi connectivity index (χ1v) is 23.7. The molecule has 0 aromatic heterocycles. The Hall–Kier alpha value is -3.94. The summed E-state index contributed by atoms with van der Waals surface area (Å²) < 4.78 is 0. The zero-order valence-corrected chi connectivity index (χ0v) is 43.4. The molecule has 0 bridgehead atoms. The van der Waals surface area contributed by atoms with Gasteiger partial charge in [0.1, 0.15) is 0 Å². The van der Waals surface area contributed by atoms with Crippen molar-refractivity contribution in [3.8, 4) is 0 Å². The fourth-order valence-electron chi connectivity index (χ4n) is 5.54. The van der Waals surface area contributed by atoms with E-state index in [0.717, 1.165) is 12.8 Å². The van der Waals surface area contributed by atoms with Crippen LogP contribution in [-0.2, 0) is 28.8 Å². The zero-order chi connectivity index (χ0) is 52.4. The van der Waals surface area contributed by atoms with Gasteiger partial charge in [0.05, 0.1) is 0 Å². The van der Waals surface area contributed by atoms with Crippen LogP contribution in [0.5, 0.6) is 0 Å². The molecule has 390 valence electrons. The van der Waals surface area contributed by atoms with Crippen LogP contribution in [-0.4, -0.2) is 123 Å². The molecule has 0 aliphatic heterocycles. The van der Waals surface area contributed by atoms with Crippen molar-refractivity contribution in [2.45, 2.75) is 203 Å². The van der Waals surface area contributed by atoms with Gasteiger partial charge in [-0.15, -0.1) is 0 Å². The molecule has 0 heterocycles. The highest BCUT2D eigenvalue weighted by atomic mass is 16.6. The van der Waals surface area contributed by atoms with Crippen molar-refractivity contribution in [2.75, 3.05) is 46.1 Å². The number of nitrogens with two attached hydrogens (primary N) is 1. The van der Waals surface area contributed by atoms with E-state index in [1.165, 1.54) is 6.92 Å². The molecule has 19 nitrogen and oxygen atoms in total. The van der Waals surface area contributed by atoms with Crippen LogP contribution in [0.2, 0.25) is 0 Å². The lowest BCUT2D eigenvalue weighted by atomic mass is 9.87. The average Bonchev–Trinajstić information content (AvgIpc) is 3.27. The number of carbonyl (C=O) groups is 6. The smallest absolute Gasteiger partial charge is 0.220 e. The largest absolute Gasteiger partial charge is 0.396 e. The molecule has 11 N–H and O–H groups in total. The fraction of sp³-hybridized carbons (Fsp3) is 0.872. The number of hydrogen-bond acceptors (Lipinski definition) is 12. The summed E-state index contributed by atoms with van der Waals surface area (Å²) in [5, 5.41) is 62.8. The van der Waals surface area contributed by atoms with E-state index in [1.807, 2.05) is 27.7 Å². The van der Waals surface area contributed by atoms with E-state index in [1.54, 1.807) is 55.4 Å². The maximum Gasteiger partial charge on any atom is 0.220 e. The van der Waals surface area contributed by atoms with E-state index in [0.29, 0.717) is 6.61 Å². The van der Waals surface area contributed by atoms with Gasteiger partial charge in [-0.05, 0) is 46.0 Å². The molecular formula is C47H95N7O12. The molecule has 0 aliphatic rings. The molecule has 0 rings (SSSR count). The minimum absolute atomic E-state index is 0.00315. The number of hydrogen-bond donors (Lipinski definition) is 10. The van der Waals surface area contributed by atoms with Crippen LogP contribution >= 0.6 is 0 Å². The molecule has 0 fully saturated rings. The first kappa shape index (κ1) is 68.6. The highest BCUT2D eigenvalue weighted by Gasteiger charge is 2.39. The quantitative estimate of drug-likeness (QED) is 0.0336. The molecule has 0 aromatic carbocycles. The van der Waals surface area contributed by atoms with Crippen molar-refractivity contribution in [3.63, 3.8) is 0 Å². The summed E-state index contributed by atoms with van der Waals surface area (Å²) in [6.07, 6.45) is 1.46. The number of rotatable bonds is 32. The predicted molar refractivity (Wildman–Crippen MR) is 259 cm³/mol. The molecule has 0 aromatic rings. The Kier molecular flexibility index (Phi) is 36.6. The number of aliphatic hydroxyl groups excluding tert-OH is 4. The summed E-state index contributed by atoms with van der Waals surface area (Å²) in [5.41, 5.74) is -0.0475. The van der Waals surface area contributed by atoms with Crippen molar-refractivity contribution >= 4 is 35.4 Å². The van der Waals surface area contributed by atoms with Gasteiger partial charge in [0.15, 0.2) is 0 Å². The van der Waals surface area contributed by atoms with Crippen molar-refractivity contribution in [1.29, 1.82) is 0 Å². The maximum absolute atomic E-state index is 13.4. The lowest BCUT2D eigenvalue weighted by molar-refractivity contribution is -0.567. The minimum Gasteiger partial charge on any atom is -0.396 e. The second-order valence-electron chi connectivity index (χ2n) is 19.8. The SMILES string of the molecule is CC.CC.CC(C)(CO)CNC(=O)CCC(C)(CCC(N)=O)NC(=O)CCC(C)(CCC(=O)NC(C)(CCC(=O)NCC(C)(C)CO)CCC(=O)NCC(C)(C)CO)[N+](=O)[O-].CCCCO. The molecule has 0 radical (unpaired) electrons. The third kappa shape index (κ3) is 35.3. The Morgan fingerprint density at radius 1 is 0.500 bits per heavy atom. The average molecular weight is 950 g/mol. The van der Waals surface area contributed by atoms with E-state index >= 15 is 0 Å². The zero-order valence-electron chi connectivity index (χ0n) is 43.4. The molecule has 19 heteroatoms. The Bertz CT molecular complexity index is 1390. The minimum atomic E-state index is -1.69. The first-order chi connectivity index (χ1) is 30.5. The lowest BCUT2D eigenvalue weighted by Gasteiger charge is -2.32. The normalized spacial score (nSPS) is 13.2. The van der Waals surface area contributed by atoms with Gasteiger partial charge in [-0.2, -0.15) is 0 Å². The highest BCUT2D eigenvalue weighted by molar-refractivity contribution is 5.80. The predicted octanol–water partition coefficient (Wildman–Crippen LogP) is 4.17. The molecule has 2 atom stereocenters. The number of nitro groups is 1. The standard InChI is InChI=1S/C39H73N7O11.C4H10O.2C2H6/c1-34(2,25-47)22-41-29(51)11-17-37(7,16-10-28(40)50)44-32(54)14-20-39(9,46(56)57)21-15-33(55)45-38(8,18-12-30(52)42-23-35(3,4)26-48)19-13-31(53)43-24-36(5,6)27-49;1-2-3-4-5;2*1-2/h47-49H,10-27H2,1-9H3,(H2,40,50)(H,41,51)(H,42,52)(H,43,53)(H,44,54)(H,45,55);5H,2-4H2,1H3;2*1-2H3. The number of unbranched alkanes of at least 4 members (excludes halogenated alkanes) is 1. The van der Waals surface area contributed by atoms with Gasteiger partial charge in [-0.25, -0.2) is 0 Å². The van der Waals surface area contributed by atoms with Crippen molar-refractivity contribution < 1.29 is 54.1 Å². The van der Waals surface area contributed by atoms with Crippen molar-refractivity contribution in [3.05, 3.63) is 10.1 Å². The number of nitrogens with zero attached hydrogens (tertiary/aromatic N) is 1. The third-order valence-electron chi connectivity index (χ3n) is 10.8. The van der Waals surface area contributed by atoms with Crippen LogP contribution in [0.25, 0.3) is 0 Å². The summed E-state index contributed by atoms with van der Waals surface area (Å²) in [6.45, 7) is 26.1. The Labute approximate surface area is 396 Å². The van der Waals surface area contributed by atoms with Gasteiger partial charge in [-0.1, -0.05) is 82.6 Å². The number of primary amides is 1. The summed E-state index contributed by atoms with van der Waals surface area (Å²) in [5.74, 6) is -2.64. The van der Waals surface area contributed by atoms with Crippen LogP contribution < -0.4 is 32.3 Å². The summed E-state index contributed by atoms with van der Waals surface area (Å²) in [6, 6.07) is 0. The van der Waals surface area contributed by atoms with Gasteiger partial charge >= 0.3 is 0 Å². The number of amides is 6. The molecule has 0 saturated carbocycles. The fourth-order valence-corrected chi connectivity index (χ4v) is 5.54. The molecule has 66 heavy (non-hydrogen) atoms. The second-order valence-corrected chi connectivity index (χ2v) is 19.8. The molecule has 0 saturated heterocycles. The Balaban J connectivity index is -0.00000196. The van der Waals surface area contributed by atoms with Gasteiger partial charge in [0.25, 0.3) is 0 Å². The van der Waals surface area contributed by atoms with Gasteiger partial charge in [0.2, 0.25) is 41.0 Å². The molecule has 6 amide bonds. The number of aliphatic hydroxyl groups is 4. The van der Waals surface area contributed by atoms with Crippen LogP contribution in [0.1, 0.15) is 187 Å². The molecule has 0 spiro atoms. The lowest BCUT2D eigenvalue weighted by Crippen LogP contribution is -2.49. The summed E-state index contributed by atoms with van der Waals surface area (Å²) in [7, 11) is 0. The van der Waals surface area contributed by atoms with Crippen LogP contribution in [0.15, 0.2) is 0 Å². The summed E-state index contributed by atoms with van der Waals surface area (Å²) in [4.78, 5) is 87.8. The monoisotopic (exact) mass is 950 g/mol. The first-order valence-electron chi connectivity index (χ1n) is 23.7. The topological polar surface area (TPSA) is 313 Å². The van der Waals surface area contributed by atoms with Crippen molar-refractivity contribution in [1.82, 2.24) is 26.6 Å². The van der Waals surface area contributed by atoms with E-state index in [4.69, 9.17) is 10.8 Å². The molecular weight excluding hydrogens is 855 g/mol. The van der Waals surface area contributed by atoms with E-state index in [2.05, 4.69) is 33.5 Å². The van der Waals surface area contributed by atoms with Gasteiger partial charge < -0.3 is 52.7 Å². The summed E-state index contributed by atoms with van der Waals surface area (Å²) >= 11 is 0. The van der Waals surface area contributed by atoms with Crippen LogP contribution in [0.3, 0.4) is 0 Å². The Morgan fingerprint density at radius 2 is 0.773 bits per heavy atom. The van der Waals surface area contributed by atoms with E-state index < -0.39 is 55.5 Å². The highest BCUT2D eigenvalue weighted by Crippen LogP contribution is 2.26. The molecule has 2 unspecified atom stereocenters.